The molecule has 2 N–H and O–H groups in total. The second-order valence-corrected chi connectivity index (χ2v) is 7.60. The fourth-order valence-corrected chi connectivity index (χ4v) is 3.99. The number of benzene rings is 1. The molecular weight excluding hydrogens is 356 g/mol. The number of nitro benzene ring substituents is 1. The molecule has 26 heavy (non-hydrogen) atoms. The van der Waals surface area contributed by atoms with Crippen LogP contribution in [0.15, 0.2) is 18.2 Å². The summed E-state index contributed by atoms with van der Waals surface area (Å²) in [5, 5.41) is 17.9. The second-order valence-electron chi connectivity index (χ2n) is 7.17. The van der Waals surface area contributed by atoms with E-state index in [1.54, 1.807) is 12.1 Å². The molecule has 2 saturated heterocycles. The predicted molar refractivity (Wildman–Crippen MR) is 100 cm³/mol. The summed E-state index contributed by atoms with van der Waals surface area (Å²) in [6.07, 6.45) is 4.05. The number of rotatable bonds is 6. The summed E-state index contributed by atoms with van der Waals surface area (Å²) in [6.45, 7) is 3.85. The molecule has 0 aromatic heterocycles. The second kappa shape index (κ2) is 8.79. The Labute approximate surface area is 158 Å². The van der Waals surface area contributed by atoms with Crippen LogP contribution in [0.4, 0.5) is 5.69 Å². The maximum Gasteiger partial charge on any atom is 0.275 e. The number of nitrogens with one attached hydrogen (secondary N) is 2. The Morgan fingerprint density at radius 1 is 1.38 bits per heavy atom. The summed E-state index contributed by atoms with van der Waals surface area (Å²) in [5.41, 5.74) is 0.750. The summed E-state index contributed by atoms with van der Waals surface area (Å²) in [6, 6.07) is 4.79. The predicted octanol–water partition coefficient (Wildman–Crippen LogP) is 2.33. The normalized spacial score (nSPS) is 23.7. The smallest absolute Gasteiger partial charge is 0.275 e. The van der Waals surface area contributed by atoms with Gasteiger partial charge in [-0.05, 0) is 56.8 Å². The van der Waals surface area contributed by atoms with Crippen LogP contribution in [0.3, 0.4) is 0 Å². The van der Waals surface area contributed by atoms with Crippen molar-refractivity contribution < 1.29 is 9.72 Å². The highest BCUT2D eigenvalue weighted by Gasteiger charge is 2.25. The van der Waals surface area contributed by atoms with Gasteiger partial charge in [-0.1, -0.05) is 11.6 Å². The van der Waals surface area contributed by atoms with Crippen molar-refractivity contribution in [3.8, 4) is 0 Å². The third-order valence-corrected chi connectivity index (χ3v) is 5.42. The molecule has 2 heterocycles. The Morgan fingerprint density at radius 2 is 2.23 bits per heavy atom. The van der Waals surface area contributed by atoms with E-state index in [0.717, 1.165) is 45.3 Å². The molecule has 0 saturated carbocycles. The molecule has 2 aliphatic heterocycles. The molecule has 2 fully saturated rings. The number of amides is 1. The first-order chi connectivity index (χ1) is 12.5. The van der Waals surface area contributed by atoms with E-state index in [0.29, 0.717) is 29.6 Å². The Bertz CT molecular complexity index is 664. The number of hydrogen-bond acceptors (Lipinski definition) is 5. The maximum absolute atomic E-state index is 12.1. The zero-order valence-corrected chi connectivity index (χ0v) is 15.5. The fourth-order valence-electron chi connectivity index (χ4n) is 3.82. The Hall–Kier alpha value is -1.70. The van der Waals surface area contributed by atoms with Gasteiger partial charge in [0.25, 0.3) is 5.69 Å². The van der Waals surface area contributed by atoms with Crippen molar-refractivity contribution in [3.63, 3.8) is 0 Å². The molecule has 1 aromatic rings. The van der Waals surface area contributed by atoms with Gasteiger partial charge in [0.05, 0.1) is 11.0 Å². The van der Waals surface area contributed by atoms with Gasteiger partial charge < -0.3 is 10.6 Å². The Kier molecular flexibility index (Phi) is 6.45. The van der Waals surface area contributed by atoms with E-state index in [9.17, 15) is 14.9 Å². The van der Waals surface area contributed by atoms with Gasteiger partial charge in [-0.25, -0.2) is 0 Å². The van der Waals surface area contributed by atoms with Crippen LogP contribution in [0.1, 0.15) is 31.2 Å². The summed E-state index contributed by atoms with van der Waals surface area (Å²) in [5.74, 6) is 0.466. The summed E-state index contributed by atoms with van der Waals surface area (Å²) in [7, 11) is 0. The van der Waals surface area contributed by atoms with Crippen LogP contribution in [-0.2, 0) is 11.3 Å². The van der Waals surface area contributed by atoms with E-state index in [2.05, 4.69) is 15.5 Å². The largest absolute Gasteiger partial charge is 0.354 e. The van der Waals surface area contributed by atoms with E-state index in [-0.39, 0.29) is 22.6 Å². The van der Waals surface area contributed by atoms with Crippen LogP contribution in [0.5, 0.6) is 0 Å². The molecule has 0 bridgehead atoms. The van der Waals surface area contributed by atoms with Gasteiger partial charge in [0.1, 0.15) is 0 Å². The monoisotopic (exact) mass is 380 g/mol. The Balaban J connectivity index is 1.54. The van der Waals surface area contributed by atoms with Crippen molar-refractivity contribution in [2.24, 2.45) is 5.92 Å². The Morgan fingerprint density at radius 3 is 2.96 bits per heavy atom. The molecule has 142 valence electrons. The molecule has 2 atom stereocenters. The summed E-state index contributed by atoms with van der Waals surface area (Å²) >= 11 is 5.89. The van der Waals surface area contributed by atoms with E-state index in [1.807, 2.05) is 0 Å². The lowest BCUT2D eigenvalue weighted by Gasteiger charge is -2.33. The molecule has 3 rings (SSSR count). The molecule has 8 heteroatoms. The molecule has 7 nitrogen and oxygen atoms in total. The van der Waals surface area contributed by atoms with Crippen LogP contribution < -0.4 is 10.6 Å². The summed E-state index contributed by atoms with van der Waals surface area (Å²) in [4.78, 5) is 25.2. The first kappa shape index (κ1) is 19.1. The van der Waals surface area contributed by atoms with E-state index < -0.39 is 0 Å². The zero-order chi connectivity index (χ0) is 18.5. The van der Waals surface area contributed by atoms with Gasteiger partial charge in [0, 0.05) is 36.3 Å². The highest BCUT2D eigenvalue weighted by Crippen LogP contribution is 2.26. The van der Waals surface area contributed by atoms with Gasteiger partial charge >= 0.3 is 0 Å². The maximum atomic E-state index is 12.1. The molecule has 2 unspecified atom stereocenters. The van der Waals surface area contributed by atoms with E-state index in [4.69, 9.17) is 11.6 Å². The number of halogens is 1. The molecule has 1 aromatic carbocycles. The van der Waals surface area contributed by atoms with E-state index >= 15 is 0 Å². The minimum atomic E-state index is -0.378. The van der Waals surface area contributed by atoms with Crippen molar-refractivity contribution in [3.05, 3.63) is 38.9 Å². The van der Waals surface area contributed by atoms with E-state index in [1.165, 1.54) is 6.07 Å². The molecule has 1 amide bonds. The first-order valence-electron chi connectivity index (χ1n) is 9.19. The quantitative estimate of drug-likeness (QED) is 0.584. The lowest BCUT2D eigenvalue weighted by atomic mass is 9.97. The van der Waals surface area contributed by atoms with Crippen molar-refractivity contribution in [1.82, 2.24) is 15.5 Å². The number of carbonyl (C=O) groups excluding carboxylic acids is 1. The third-order valence-electron chi connectivity index (χ3n) is 5.18. The standard InChI is InChI=1S/C18H25ClN4O3/c19-15-6-5-14(17(9-15)23(25)26)12-22-8-2-3-13(11-22)10-21-18(24)16-4-1-7-20-16/h5-6,9,13,16,20H,1-4,7-8,10-12H2,(H,21,24). The topological polar surface area (TPSA) is 87.5 Å². The average molecular weight is 381 g/mol. The van der Waals surface area contributed by atoms with Crippen LogP contribution >= 0.6 is 11.6 Å². The lowest BCUT2D eigenvalue weighted by molar-refractivity contribution is -0.385. The van der Waals surface area contributed by atoms with Gasteiger partial charge in [-0.15, -0.1) is 0 Å². The number of carbonyl (C=O) groups is 1. The van der Waals surface area contributed by atoms with Crippen LogP contribution in [0.25, 0.3) is 0 Å². The molecular formula is C18H25ClN4O3. The van der Waals surface area contributed by atoms with Gasteiger partial charge in [-0.2, -0.15) is 0 Å². The lowest BCUT2D eigenvalue weighted by Crippen LogP contribution is -2.45. The van der Waals surface area contributed by atoms with Crippen LogP contribution in [0, 0.1) is 16.0 Å². The number of nitro groups is 1. The number of nitrogens with zero attached hydrogens (tertiary/aromatic N) is 2. The third kappa shape index (κ3) is 4.93. The van der Waals surface area contributed by atoms with Crippen molar-refractivity contribution in [2.45, 2.75) is 38.3 Å². The number of likely N-dealkylation sites (tertiary alicyclic amines) is 1. The average Bonchev–Trinajstić information content (AvgIpc) is 3.16. The van der Waals surface area contributed by atoms with Crippen molar-refractivity contribution >= 4 is 23.2 Å². The van der Waals surface area contributed by atoms with Crippen molar-refractivity contribution in [2.75, 3.05) is 26.2 Å². The van der Waals surface area contributed by atoms with Crippen LogP contribution in [-0.4, -0.2) is 48.0 Å². The highest BCUT2D eigenvalue weighted by atomic mass is 35.5. The highest BCUT2D eigenvalue weighted by molar-refractivity contribution is 6.30. The minimum Gasteiger partial charge on any atom is -0.354 e. The molecule has 0 aliphatic carbocycles. The fraction of sp³-hybridized carbons (Fsp3) is 0.611. The summed E-state index contributed by atoms with van der Waals surface area (Å²) < 4.78 is 0. The number of hydrogen-bond donors (Lipinski definition) is 2. The SMILES string of the molecule is O=C(NCC1CCCN(Cc2ccc(Cl)cc2[N+](=O)[O-])C1)C1CCCN1. The molecule has 0 radical (unpaired) electrons. The van der Waals surface area contributed by atoms with Crippen molar-refractivity contribution in [1.29, 1.82) is 0 Å². The molecule has 2 aliphatic rings. The zero-order valence-electron chi connectivity index (χ0n) is 14.7. The molecule has 0 spiro atoms. The minimum absolute atomic E-state index is 0.0496. The van der Waals surface area contributed by atoms with Crippen LogP contribution in [0.2, 0.25) is 5.02 Å². The number of piperidine rings is 1. The van der Waals surface area contributed by atoms with Gasteiger partial charge in [-0.3, -0.25) is 19.8 Å². The van der Waals surface area contributed by atoms with Gasteiger partial charge in [0.2, 0.25) is 5.91 Å². The van der Waals surface area contributed by atoms with Gasteiger partial charge in [0.15, 0.2) is 0 Å². The first-order valence-corrected chi connectivity index (χ1v) is 9.57.